The summed E-state index contributed by atoms with van der Waals surface area (Å²) < 4.78 is 7.23. The fourth-order valence-electron chi connectivity index (χ4n) is 1.24. The van der Waals surface area contributed by atoms with Gasteiger partial charge in [-0.15, -0.1) is 11.6 Å². The lowest BCUT2D eigenvalue weighted by molar-refractivity contribution is 0.510. The minimum atomic E-state index is 0.519. The molecule has 0 fully saturated rings. The summed E-state index contributed by atoms with van der Waals surface area (Å²) in [5, 5.41) is 4.05. The van der Waals surface area contributed by atoms with Gasteiger partial charge in [0.25, 0.3) is 0 Å². The molecule has 5 heteroatoms. The van der Waals surface area contributed by atoms with Gasteiger partial charge in [-0.05, 0) is 6.07 Å². The van der Waals surface area contributed by atoms with Crippen LogP contribution in [-0.4, -0.2) is 20.6 Å². The van der Waals surface area contributed by atoms with Gasteiger partial charge in [-0.1, -0.05) is 0 Å². The van der Waals surface area contributed by atoms with Gasteiger partial charge in [0.05, 0.1) is 6.20 Å². The summed E-state index contributed by atoms with van der Waals surface area (Å²) in [5.74, 6) is 1.91. The van der Waals surface area contributed by atoms with Crippen LogP contribution >= 0.6 is 11.6 Å². The molecular formula is C9H10ClN3O. The molecule has 2 aromatic rings. The number of aromatic nitrogens is 3. The van der Waals surface area contributed by atoms with Crippen molar-refractivity contribution in [2.45, 2.75) is 6.42 Å². The highest BCUT2D eigenvalue weighted by molar-refractivity contribution is 6.17. The van der Waals surface area contributed by atoms with Crippen LogP contribution in [0, 0.1) is 0 Å². The number of rotatable bonds is 3. The molecule has 2 aromatic heterocycles. The van der Waals surface area contributed by atoms with Crippen molar-refractivity contribution in [2.75, 3.05) is 5.88 Å². The topological polar surface area (TPSA) is 43.9 Å². The Bertz CT molecular complexity index is 421. The molecule has 14 heavy (non-hydrogen) atoms. The van der Waals surface area contributed by atoms with E-state index in [1.54, 1.807) is 17.1 Å². The Morgan fingerprint density at radius 3 is 3.07 bits per heavy atom. The van der Waals surface area contributed by atoms with Crippen molar-refractivity contribution < 1.29 is 4.42 Å². The number of nitrogens with zero attached hydrogens (tertiary/aromatic N) is 3. The van der Waals surface area contributed by atoms with Crippen LogP contribution < -0.4 is 0 Å². The third-order valence-corrected chi connectivity index (χ3v) is 2.12. The molecule has 0 aliphatic heterocycles. The van der Waals surface area contributed by atoms with E-state index in [1.165, 1.54) is 0 Å². The van der Waals surface area contributed by atoms with Gasteiger partial charge in [-0.25, -0.2) is 4.98 Å². The number of hydrogen-bond acceptors (Lipinski definition) is 3. The second-order valence-corrected chi connectivity index (χ2v) is 3.28. The van der Waals surface area contributed by atoms with Crippen LogP contribution in [0.2, 0.25) is 0 Å². The van der Waals surface area contributed by atoms with Gasteiger partial charge in [-0.3, -0.25) is 4.68 Å². The highest BCUT2D eigenvalue weighted by Crippen LogP contribution is 2.19. The summed E-state index contributed by atoms with van der Waals surface area (Å²) >= 11 is 5.58. The molecule has 0 radical (unpaired) electrons. The first-order valence-electron chi connectivity index (χ1n) is 4.30. The third-order valence-electron chi connectivity index (χ3n) is 1.94. The van der Waals surface area contributed by atoms with Crippen LogP contribution in [-0.2, 0) is 13.5 Å². The predicted octanol–water partition coefficient (Wildman–Crippen LogP) is 1.86. The minimum Gasteiger partial charge on any atom is -0.439 e. The van der Waals surface area contributed by atoms with Crippen LogP contribution in [0.25, 0.3) is 11.5 Å². The summed E-state index contributed by atoms with van der Waals surface area (Å²) in [6, 6.07) is 1.88. The van der Waals surface area contributed by atoms with Crippen molar-refractivity contribution >= 4 is 11.6 Å². The number of oxazole rings is 1. The second kappa shape index (κ2) is 3.84. The zero-order chi connectivity index (χ0) is 9.97. The summed E-state index contributed by atoms with van der Waals surface area (Å²) in [4.78, 5) is 4.11. The van der Waals surface area contributed by atoms with Crippen molar-refractivity contribution in [2.24, 2.45) is 7.05 Å². The lowest BCUT2D eigenvalue weighted by atomic mass is 10.3. The maximum Gasteiger partial charge on any atom is 0.196 e. The Hall–Kier alpha value is -1.29. The van der Waals surface area contributed by atoms with Gasteiger partial charge in [-0.2, -0.15) is 5.10 Å². The normalized spacial score (nSPS) is 10.7. The summed E-state index contributed by atoms with van der Waals surface area (Å²) in [6.45, 7) is 0. The Morgan fingerprint density at radius 2 is 2.43 bits per heavy atom. The van der Waals surface area contributed by atoms with Gasteiger partial charge in [0.2, 0.25) is 0 Å². The lowest BCUT2D eigenvalue weighted by Crippen LogP contribution is -1.91. The molecule has 2 heterocycles. The SMILES string of the molecule is Cn1nccc1-c1cnc(CCCl)o1. The van der Waals surface area contributed by atoms with E-state index in [1.807, 2.05) is 13.1 Å². The van der Waals surface area contributed by atoms with Gasteiger partial charge in [0.15, 0.2) is 11.7 Å². The number of aryl methyl sites for hydroxylation is 2. The van der Waals surface area contributed by atoms with Gasteiger partial charge in [0, 0.05) is 25.5 Å². The van der Waals surface area contributed by atoms with E-state index in [2.05, 4.69) is 10.1 Å². The number of hydrogen-bond donors (Lipinski definition) is 0. The van der Waals surface area contributed by atoms with Crippen LogP contribution in [0.3, 0.4) is 0 Å². The summed E-state index contributed by atoms with van der Waals surface area (Å²) in [5.41, 5.74) is 0.915. The van der Waals surface area contributed by atoms with E-state index < -0.39 is 0 Å². The molecule has 0 aliphatic carbocycles. The first-order valence-corrected chi connectivity index (χ1v) is 4.84. The Labute approximate surface area is 86.5 Å². The van der Waals surface area contributed by atoms with Crippen molar-refractivity contribution in [1.82, 2.24) is 14.8 Å². The molecule has 0 aromatic carbocycles. The number of halogens is 1. The molecule has 0 N–H and O–H groups in total. The molecule has 0 saturated carbocycles. The monoisotopic (exact) mass is 211 g/mol. The average molecular weight is 212 g/mol. The molecule has 0 bridgehead atoms. The molecular weight excluding hydrogens is 202 g/mol. The van der Waals surface area contributed by atoms with Crippen molar-refractivity contribution in [1.29, 1.82) is 0 Å². The Balaban J connectivity index is 2.29. The summed E-state index contributed by atoms with van der Waals surface area (Å²) in [6.07, 6.45) is 4.07. The van der Waals surface area contributed by atoms with Gasteiger partial charge in [0.1, 0.15) is 5.69 Å². The van der Waals surface area contributed by atoms with Crippen molar-refractivity contribution in [3.05, 3.63) is 24.4 Å². The fourth-order valence-corrected chi connectivity index (χ4v) is 1.40. The molecule has 0 unspecified atom stereocenters. The lowest BCUT2D eigenvalue weighted by Gasteiger charge is -1.95. The van der Waals surface area contributed by atoms with Crippen LogP contribution in [0.15, 0.2) is 22.9 Å². The van der Waals surface area contributed by atoms with Gasteiger partial charge < -0.3 is 4.42 Å². The number of alkyl halides is 1. The predicted molar refractivity (Wildman–Crippen MR) is 53.1 cm³/mol. The quantitative estimate of drug-likeness (QED) is 0.728. The third kappa shape index (κ3) is 1.65. The first kappa shape index (κ1) is 9.27. The molecule has 2 rings (SSSR count). The molecule has 0 saturated heterocycles. The van der Waals surface area contributed by atoms with Gasteiger partial charge >= 0.3 is 0 Å². The fraction of sp³-hybridized carbons (Fsp3) is 0.333. The highest BCUT2D eigenvalue weighted by Gasteiger charge is 2.08. The first-order chi connectivity index (χ1) is 6.81. The second-order valence-electron chi connectivity index (χ2n) is 2.90. The molecule has 74 valence electrons. The van der Waals surface area contributed by atoms with Crippen LogP contribution in [0.5, 0.6) is 0 Å². The van der Waals surface area contributed by atoms with E-state index >= 15 is 0 Å². The zero-order valence-corrected chi connectivity index (χ0v) is 8.53. The average Bonchev–Trinajstić information content (AvgIpc) is 2.74. The van der Waals surface area contributed by atoms with E-state index in [4.69, 9.17) is 16.0 Å². The Morgan fingerprint density at radius 1 is 1.57 bits per heavy atom. The zero-order valence-electron chi connectivity index (χ0n) is 7.77. The largest absolute Gasteiger partial charge is 0.439 e. The maximum atomic E-state index is 5.58. The molecule has 4 nitrogen and oxygen atoms in total. The highest BCUT2D eigenvalue weighted by atomic mass is 35.5. The molecule has 0 spiro atoms. The van der Waals surface area contributed by atoms with E-state index in [9.17, 15) is 0 Å². The van der Waals surface area contributed by atoms with E-state index in [-0.39, 0.29) is 0 Å². The smallest absolute Gasteiger partial charge is 0.196 e. The van der Waals surface area contributed by atoms with Crippen LogP contribution in [0.1, 0.15) is 5.89 Å². The maximum absolute atomic E-state index is 5.58. The van der Waals surface area contributed by atoms with Crippen molar-refractivity contribution in [3.63, 3.8) is 0 Å². The van der Waals surface area contributed by atoms with Crippen LogP contribution in [0.4, 0.5) is 0 Å². The van der Waals surface area contributed by atoms with Crippen molar-refractivity contribution in [3.8, 4) is 11.5 Å². The Kier molecular flexibility index (Phi) is 2.54. The van der Waals surface area contributed by atoms with E-state index in [0.29, 0.717) is 18.2 Å². The van der Waals surface area contributed by atoms with E-state index in [0.717, 1.165) is 11.5 Å². The molecule has 0 atom stereocenters. The standard InChI is InChI=1S/C9H10ClN3O/c1-13-7(3-5-12-13)8-6-11-9(14-8)2-4-10/h3,5-6H,2,4H2,1H3. The summed E-state index contributed by atoms with van der Waals surface area (Å²) in [7, 11) is 1.86. The minimum absolute atomic E-state index is 0.519. The molecule has 0 aliphatic rings. The molecule has 0 amide bonds.